The SMILES string of the molecule is c1ccc(-c2ccccc2-n2c3cccc4c3c3c(cccc32)n4-c2ccc3c(c2)c2ccccc2n3-c2ccc3c(c2)oc2ccccc23)cc1. The number of furan rings is 1. The van der Waals surface area contributed by atoms with Gasteiger partial charge in [0.05, 0.1) is 38.8 Å². The summed E-state index contributed by atoms with van der Waals surface area (Å²) in [5.41, 5.74) is 14.8. The topological polar surface area (TPSA) is 27.9 Å². The highest BCUT2D eigenvalue weighted by Gasteiger charge is 2.24. The molecule has 0 aliphatic heterocycles. The molecule has 12 aromatic rings. The van der Waals surface area contributed by atoms with Gasteiger partial charge in [-0.1, -0.05) is 97.1 Å². The molecule has 0 spiro atoms. The summed E-state index contributed by atoms with van der Waals surface area (Å²) in [6, 6.07) is 63.4. The Morgan fingerprint density at radius 2 is 0.885 bits per heavy atom. The number of aromatic nitrogens is 3. The number of nitrogens with zero attached hydrogens (tertiary/aromatic N) is 3. The van der Waals surface area contributed by atoms with Crippen LogP contribution in [0.1, 0.15) is 0 Å². The van der Waals surface area contributed by atoms with Crippen LogP contribution in [0.2, 0.25) is 0 Å². The van der Waals surface area contributed by atoms with Crippen molar-refractivity contribution < 1.29 is 4.42 Å². The van der Waals surface area contributed by atoms with Crippen molar-refractivity contribution in [2.75, 3.05) is 0 Å². The molecule has 0 aliphatic carbocycles. The first kappa shape index (κ1) is 27.7. The standard InChI is InChI=1S/C48H29N3O/c1-2-12-30(13-3-1)33-14-4-7-17-38(33)51-43-21-10-19-41-47(43)48-42(20-11-22-44(48)51)50(41)31-25-27-40-37(28-31)34-15-5-8-18-39(34)49(40)32-24-26-36-35-16-6-9-23-45(35)52-46(36)29-32/h1-29H. The Labute approximate surface area is 297 Å². The Bertz CT molecular complexity index is 3290. The van der Waals surface area contributed by atoms with Gasteiger partial charge in [-0.2, -0.15) is 0 Å². The van der Waals surface area contributed by atoms with Gasteiger partial charge in [-0.25, -0.2) is 0 Å². The summed E-state index contributed by atoms with van der Waals surface area (Å²) in [6.45, 7) is 0. The van der Waals surface area contributed by atoms with E-state index in [0.29, 0.717) is 0 Å². The zero-order valence-corrected chi connectivity index (χ0v) is 28.0. The van der Waals surface area contributed by atoms with Crippen LogP contribution in [0.3, 0.4) is 0 Å². The van der Waals surface area contributed by atoms with Gasteiger partial charge >= 0.3 is 0 Å². The van der Waals surface area contributed by atoms with Crippen molar-refractivity contribution in [3.8, 4) is 28.2 Å². The predicted molar refractivity (Wildman–Crippen MR) is 216 cm³/mol. The van der Waals surface area contributed by atoms with Crippen LogP contribution in [0.4, 0.5) is 0 Å². The van der Waals surface area contributed by atoms with E-state index < -0.39 is 0 Å². The van der Waals surface area contributed by atoms with Crippen molar-refractivity contribution in [3.05, 3.63) is 176 Å². The van der Waals surface area contributed by atoms with Gasteiger partial charge in [0.15, 0.2) is 0 Å². The molecule has 0 unspecified atom stereocenters. The van der Waals surface area contributed by atoms with E-state index in [1.165, 1.54) is 71.5 Å². The summed E-state index contributed by atoms with van der Waals surface area (Å²) in [7, 11) is 0. The van der Waals surface area contributed by atoms with Crippen LogP contribution in [-0.4, -0.2) is 13.7 Å². The van der Waals surface area contributed by atoms with E-state index in [4.69, 9.17) is 4.42 Å². The molecule has 0 saturated carbocycles. The van der Waals surface area contributed by atoms with Crippen LogP contribution in [-0.2, 0) is 0 Å². The van der Waals surface area contributed by atoms with Gasteiger partial charge in [0.25, 0.3) is 0 Å². The van der Waals surface area contributed by atoms with Crippen LogP contribution in [0, 0.1) is 0 Å². The number of hydrogen-bond acceptors (Lipinski definition) is 1. The second-order valence-corrected chi connectivity index (χ2v) is 13.7. The molecule has 4 heteroatoms. The van der Waals surface area contributed by atoms with E-state index in [2.05, 4.69) is 177 Å². The number of benzene rings is 8. The number of para-hydroxylation sites is 3. The minimum absolute atomic E-state index is 0.896. The van der Waals surface area contributed by atoms with Crippen LogP contribution in [0.5, 0.6) is 0 Å². The molecule has 4 aromatic heterocycles. The Morgan fingerprint density at radius 1 is 0.327 bits per heavy atom. The summed E-state index contributed by atoms with van der Waals surface area (Å²) < 4.78 is 13.6. The monoisotopic (exact) mass is 663 g/mol. The number of hydrogen-bond donors (Lipinski definition) is 0. The molecule has 0 N–H and O–H groups in total. The van der Waals surface area contributed by atoms with Gasteiger partial charge in [-0.05, 0) is 78.4 Å². The fourth-order valence-corrected chi connectivity index (χ4v) is 8.87. The molecule has 0 radical (unpaired) electrons. The molecule has 0 fully saturated rings. The molecular formula is C48H29N3O. The minimum Gasteiger partial charge on any atom is -0.456 e. The number of fused-ring (bicyclic) bond motifs is 6. The molecule has 0 bridgehead atoms. The maximum Gasteiger partial charge on any atom is 0.137 e. The lowest BCUT2D eigenvalue weighted by Gasteiger charge is -2.16. The first-order valence-corrected chi connectivity index (χ1v) is 17.8. The lowest BCUT2D eigenvalue weighted by molar-refractivity contribution is 0.668. The molecule has 0 atom stereocenters. The third kappa shape index (κ3) is 3.65. The van der Waals surface area contributed by atoms with Gasteiger partial charge < -0.3 is 18.1 Å². The summed E-state index contributed by atoms with van der Waals surface area (Å²) in [4.78, 5) is 0. The summed E-state index contributed by atoms with van der Waals surface area (Å²) in [5, 5.41) is 7.30. The Morgan fingerprint density at radius 3 is 1.69 bits per heavy atom. The van der Waals surface area contributed by atoms with Gasteiger partial charge in [-0.15, -0.1) is 0 Å². The lowest BCUT2D eigenvalue weighted by atomic mass is 10.0. The summed E-state index contributed by atoms with van der Waals surface area (Å²) in [5.74, 6) is 0. The molecule has 0 aliphatic rings. The molecule has 52 heavy (non-hydrogen) atoms. The highest BCUT2D eigenvalue weighted by Crippen LogP contribution is 2.44. The second-order valence-electron chi connectivity index (χ2n) is 13.7. The van der Waals surface area contributed by atoms with E-state index in [0.717, 1.165) is 33.3 Å². The summed E-state index contributed by atoms with van der Waals surface area (Å²) in [6.07, 6.45) is 0. The predicted octanol–water partition coefficient (Wildman–Crippen LogP) is 12.8. The van der Waals surface area contributed by atoms with Crippen molar-refractivity contribution >= 4 is 76.6 Å². The molecule has 4 nitrogen and oxygen atoms in total. The Hall–Kier alpha value is -7.04. The minimum atomic E-state index is 0.896. The molecule has 12 rings (SSSR count). The van der Waals surface area contributed by atoms with Gasteiger partial charge in [0.1, 0.15) is 11.2 Å². The molecule has 0 amide bonds. The summed E-state index contributed by atoms with van der Waals surface area (Å²) >= 11 is 0. The third-order valence-corrected chi connectivity index (χ3v) is 11.0. The second kappa shape index (κ2) is 10.3. The van der Waals surface area contributed by atoms with Gasteiger partial charge in [0, 0.05) is 55.3 Å². The van der Waals surface area contributed by atoms with E-state index in [1.54, 1.807) is 0 Å². The van der Waals surface area contributed by atoms with Crippen molar-refractivity contribution in [2.45, 2.75) is 0 Å². The van der Waals surface area contributed by atoms with Crippen molar-refractivity contribution in [1.82, 2.24) is 13.7 Å². The smallest absolute Gasteiger partial charge is 0.137 e. The van der Waals surface area contributed by atoms with Gasteiger partial charge in [-0.3, -0.25) is 0 Å². The van der Waals surface area contributed by atoms with E-state index in [-0.39, 0.29) is 0 Å². The lowest BCUT2D eigenvalue weighted by Crippen LogP contribution is -1.99. The maximum atomic E-state index is 6.32. The first-order chi connectivity index (χ1) is 25.8. The first-order valence-electron chi connectivity index (χ1n) is 17.8. The Balaban J connectivity index is 1.08. The van der Waals surface area contributed by atoms with Crippen LogP contribution in [0.25, 0.3) is 105 Å². The molecule has 8 aromatic carbocycles. The third-order valence-electron chi connectivity index (χ3n) is 11.0. The Kier molecular flexibility index (Phi) is 5.47. The van der Waals surface area contributed by atoms with Crippen LogP contribution >= 0.6 is 0 Å². The highest BCUT2D eigenvalue weighted by atomic mass is 16.3. The zero-order valence-electron chi connectivity index (χ0n) is 28.0. The normalized spacial score (nSPS) is 12.2. The fraction of sp³-hybridized carbons (Fsp3) is 0. The maximum absolute atomic E-state index is 6.32. The van der Waals surface area contributed by atoms with Crippen molar-refractivity contribution in [2.24, 2.45) is 0 Å². The molecular weight excluding hydrogens is 635 g/mol. The molecule has 242 valence electrons. The van der Waals surface area contributed by atoms with E-state index >= 15 is 0 Å². The molecule has 0 saturated heterocycles. The van der Waals surface area contributed by atoms with Gasteiger partial charge in [0.2, 0.25) is 0 Å². The van der Waals surface area contributed by atoms with E-state index in [9.17, 15) is 0 Å². The van der Waals surface area contributed by atoms with Crippen molar-refractivity contribution in [1.29, 1.82) is 0 Å². The quantitative estimate of drug-likeness (QED) is 0.184. The number of rotatable bonds is 4. The highest BCUT2D eigenvalue weighted by molar-refractivity contribution is 6.25. The molecule has 4 heterocycles. The zero-order chi connectivity index (χ0) is 33.9. The average molecular weight is 664 g/mol. The van der Waals surface area contributed by atoms with Crippen LogP contribution in [0.15, 0.2) is 180 Å². The van der Waals surface area contributed by atoms with Crippen LogP contribution < -0.4 is 0 Å². The average Bonchev–Trinajstić information content (AvgIpc) is 3.94. The van der Waals surface area contributed by atoms with E-state index in [1.807, 2.05) is 12.1 Å². The fourth-order valence-electron chi connectivity index (χ4n) is 8.87. The largest absolute Gasteiger partial charge is 0.456 e. The van der Waals surface area contributed by atoms with Crippen molar-refractivity contribution in [3.63, 3.8) is 0 Å².